The number of non-ortho nitro benzene ring substituents is 1. The molecule has 0 radical (unpaired) electrons. The Morgan fingerprint density at radius 1 is 1.17 bits per heavy atom. The molecular formula is C19H17FN4O6. The van der Waals surface area contributed by atoms with Gasteiger partial charge in [-0.1, -0.05) is 24.3 Å². The van der Waals surface area contributed by atoms with E-state index in [-0.39, 0.29) is 11.5 Å². The van der Waals surface area contributed by atoms with E-state index in [1.807, 2.05) is 11.6 Å². The fourth-order valence-electron chi connectivity index (χ4n) is 2.40. The summed E-state index contributed by atoms with van der Waals surface area (Å²) in [6.45, 7) is 0.500. The number of hydrogen-bond acceptors (Lipinski definition) is 6. The number of anilines is 1. The van der Waals surface area contributed by atoms with E-state index in [4.69, 9.17) is 19.8 Å². The van der Waals surface area contributed by atoms with E-state index < -0.39 is 16.9 Å². The van der Waals surface area contributed by atoms with E-state index in [1.54, 1.807) is 30.5 Å². The largest absolute Gasteiger partial charge is 0.473 e. The van der Waals surface area contributed by atoms with Gasteiger partial charge in [0.2, 0.25) is 5.95 Å². The first kappa shape index (κ1) is 22.0. The van der Waals surface area contributed by atoms with Crippen molar-refractivity contribution in [2.45, 2.75) is 6.54 Å². The Hall–Kier alpha value is -4.28. The number of carboxylic acids is 2. The van der Waals surface area contributed by atoms with Crippen LogP contribution in [-0.4, -0.2) is 36.6 Å². The highest BCUT2D eigenvalue weighted by Crippen LogP contribution is 2.25. The second-order valence-corrected chi connectivity index (χ2v) is 5.92. The summed E-state index contributed by atoms with van der Waals surface area (Å²) in [5.74, 6) is -3.30. The average molecular weight is 416 g/mol. The van der Waals surface area contributed by atoms with Gasteiger partial charge in [0.1, 0.15) is 5.82 Å². The van der Waals surface area contributed by atoms with Gasteiger partial charge in [-0.2, -0.15) is 0 Å². The van der Waals surface area contributed by atoms with Crippen molar-refractivity contribution in [1.29, 1.82) is 0 Å². The average Bonchev–Trinajstić information content (AvgIpc) is 3.08. The van der Waals surface area contributed by atoms with Gasteiger partial charge in [-0.15, -0.1) is 0 Å². The Bertz CT molecular complexity index is 1050. The normalized spacial score (nSPS) is 9.93. The molecule has 0 fully saturated rings. The lowest BCUT2D eigenvalue weighted by Gasteiger charge is -2.08. The van der Waals surface area contributed by atoms with Crippen molar-refractivity contribution in [3.05, 3.63) is 76.2 Å². The molecule has 0 spiro atoms. The number of nitro benzene ring substituents is 1. The number of nitrogens with zero attached hydrogens (tertiary/aromatic N) is 3. The molecule has 2 aromatic carbocycles. The zero-order valence-corrected chi connectivity index (χ0v) is 15.7. The monoisotopic (exact) mass is 416 g/mol. The van der Waals surface area contributed by atoms with Gasteiger partial charge in [0.25, 0.3) is 5.69 Å². The summed E-state index contributed by atoms with van der Waals surface area (Å²) in [7, 11) is 1.83. The number of rotatable bonds is 5. The zero-order valence-electron chi connectivity index (χ0n) is 15.7. The van der Waals surface area contributed by atoms with Gasteiger partial charge >= 0.3 is 11.9 Å². The van der Waals surface area contributed by atoms with E-state index in [0.717, 1.165) is 11.3 Å². The molecule has 0 aliphatic heterocycles. The molecule has 0 saturated carbocycles. The van der Waals surface area contributed by atoms with Crippen LogP contribution in [0.4, 0.5) is 16.0 Å². The quantitative estimate of drug-likeness (QED) is 0.327. The predicted octanol–water partition coefficient (Wildman–Crippen LogP) is 2.90. The Morgan fingerprint density at radius 2 is 1.80 bits per heavy atom. The molecule has 0 aliphatic rings. The molecule has 3 N–H and O–H groups in total. The lowest BCUT2D eigenvalue weighted by molar-refractivity contribution is -0.384. The molecule has 0 aliphatic carbocycles. The third kappa shape index (κ3) is 5.86. The zero-order chi connectivity index (χ0) is 22.3. The molecule has 0 saturated heterocycles. The number of carboxylic acid groups (broad SMARTS) is 2. The number of carbonyl (C=O) groups is 2. The van der Waals surface area contributed by atoms with Crippen molar-refractivity contribution < 1.29 is 29.1 Å². The SMILES string of the molecule is Cn1c(-c2cccc([N+](=O)[O-])c2)cnc1NCc1ccc(F)cc1.O=C(O)C(=O)O. The first-order valence-electron chi connectivity index (χ1n) is 8.40. The summed E-state index contributed by atoms with van der Waals surface area (Å²) in [5.41, 5.74) is 2.44. The van der Waals surface area contributed by atoms with Gasteiger partial charge in [0.05, 0.1) is 16.8 Å². The van der Waals surface area contributed by atoms with Crippen LogP contribution in [0.3, 0.4) is 0 Å². The fourth-order valence-corrected chi connectivity index (χ4v) is 2.40. The molecule has 3 aromatic rings. The summed E-state index contributed by atoms with van der Waals surface area (Å²) in [5, 5.41) is 28.9. The molecule has 1 aromatic heterocycles. The van der Waals surface area contributed by atoms with Crippen molar-refractivity contribution in [3.63, 3.8) is 0 Å². The van der Waals surface area contributed by atoms with E-state index in [9.17, 15) is 14.5 Å². The van der Waals surface area contributed by atoms with Crippen LogP contribution in [0.5, 0.6) is 0 Å². The predicted molar refractivity (Wildman–Crippen MR) is 104 cm³/mol. The summed E-state index contributed by atoms with van der Waals surface area (Å²) in [4.78, 5) is 33.0. The Kier molecular flexibility index (Phi) is 7.17. The first-order chi connectivity index (χ1) is 14.2. The van der Waals surface area contributed by atoms with E-state index in [0.29, 0.717) is 18.1 Å². The van der Waals surface area contributed by atoms with Crippen molar-refractivity contribution in [1.82, 2.24) is 9.55 Å². The molecule has 0 atom stereocenters. The van der Waals surface area contributed by atoms with Crippen LogP contribution in [0.25, 0.3) is 11.3 Å². The molecule has 10 nitrogen and oxygen atoms in total. The number of nitrogens with one attached hydrogen (secondary N) is 1. The number of nitro groups is 1. The highest BCUT2D eigenvalue weighted by molar-refractivity contribution is 6.27. The van der Waals surface area contributed by atoms with Gasteiger partial charge in [-0.3, -0.25) is 10.1 Å². The minimum absolute atomic E-state index is 0.0366. The molecular weight excluding hydrogens is 399 g/mol. The highest BCUT2D eigenvalue weighted by atomic mass is 19.1. The number of aliphatic carboxylic acids is 2. The molecule has 11 heteroatoms. The smallest absolute Gasteiger partial charge is 0.414 e. The van der Waals surface area contributed by atoms with Crippen LogP contribution in [0.1, 0.15) is 5.56 Å². The standard InChI is InChI=1S/C17H15FN4O2.C2H2O4/c1-21-16(13-3-2-4-15(9-13)22(23)24)11-20-17(21)19-10-12-5-7-14(18)8-6-12;3-1(4)2(5)6/h2-9,11H,10H2,1H3,(H,19,20);(H,3,4)(H,5,6). The van der Waals surface area contributed by atoms with Gasteiger partial charge in [0.15, 0.2) is 0 Å². The molecule has 0 amide bonds. The van der Waals surface area contributed by atoms with Crippen LogP contribution >= 0.6 is 0 Å². The number of benzene rings is 2. The number of imidazole rings is 1. The molecule has 3 rings (SSSR count). The van der Waals surface area contributed by atoms with Gasteiger partial charge in [-0.25, -0.2) is 19.0 Å². The minimum atomic E-state index is -1.82. The van der Waals surface area contributed by atoms with Gasteiger partial charge < -0.3 is 20.1 Å². The van der Waals surface area contributed by atoms with E-state index in [1.165, 1.54) is 24.3 Å². The lowest BCUT2D eigenvalue weighted by atomic mass is 10.1. The molecule has 30 heavy (non-hydrogen) atoms. The molecule has 0 unspecified atom stereocenters. The Morgan fingerprint density at radius 3 is 2.37 bits per heavy atom. The molecule has 0 bridgehead atoms. The number of hydrogen-bond donors (Lipinski definition) is 3. The maximum Gasteiger partial charge on any atom is 0.414 e. The minimum Gasteiger partial charge on any atom is -0.473 e. The van der Waals surface area contributed by atoms with Crippen LogP contribution in [0, 0.1) is 15.9 Å². The van der Waals surface area contributed by atoms with Gasteiger partial charge in [-0.05, 0) is 17.7 Å². The number of halogens is 1. The Balaban J connectivity index is 0.000000469. The van der Waals surface area contributed by atoms with E-state index in [2.05, 4.69) is 10.3 Å². The second kappa shape index (κ2) is 9.78. The maximum absolute atomic E-state index is 12.9. The van der Waals surface area contributed by atoms with Crippen LogP contribution in [0.2, 0.25) is 0 Å². The third-order valence-corrected chi connectivity index (χ3v) is 3.89. The summed E-state index contributed by atoms with van der Waals surface area (Å²) < 4.78 is 14.7. The second-order valence-electron chi connectivity index (χ2n) is 5.92. The summed E-state index contributed by atoms with van der Waals surface area (Å²) in [6.07, 6.45) is 1.66. The van der Waals surface area contributed by atoms with Crippen LogP contribution in [-0.2, 0) is 23.2 Å². The lowest BCUT2D eigenvalue weighted by Crippen LogP contribution is -2.09. The first-order valence-corrected chi connectivity index (χ1v) is 8.40. The van der Waals surface area contributed by atoms with Gasteiger partial charge in [0, 0.05) is 31.3 Å². The van der Waals surface area contributed by atoms with Crippen molar-refractivity contribution in [3.8, 4) is 11.3 Å². The highest BCUT2D eigenvalue weighted by Gasteiger charge is 2.12. The topological polar surface area (TPSA) is 148 Å². The summed E-state index contributed by atoms with van der Waals surface area (Å²) >= 11 is 0. The van der Waals surface area contributed by atoms with Crippen molar-refractivity contribution >= 4 is 23.6 Å². The third-order valence-electron chi connectivity index (χ3n) is 3.89. The number of aromatic nitrogens is 2. The molecule has 1 heterocycles. The Labute approximate surface area is 169 Å². The fraction of sp³-hybridized carbons (Fsp3) is 0.105. The van der Waals surface area contributed by atoms with E-state index >= 15 is 0 Å². The van der Waals surface area contributed by atoms with Crippen molar-refractivity contribution in [2.75, 3.05) is 5.32 Å². The van der Waals surface area contributed by atoms with Crippen LogP contribution in [0.15, 0.2) is 54.7 Å². The summed E-state index contributed by atoms with van der Waals surface area (Å²) in [6, 6.07) is 12.6. The molecule has 156 valence electrons. The maximum atomic E-state index is 12.9. The van der Waals surface area contributed by atoms with Crippen LogP contribution < -0.4 is 5.32 Å². The van der Waals surface area contributed by atoms with Crippen molar-refractivity contribution in [2.24, 2.45) is 7.05 Å².